The summed E-state index contributed by atoms with van der Waals surface area (Å²) in [6.07, 6.45) is 1.05. The molecule has 126 valence electrons. The van der Waals surface area contributed by atoms with Gasteiger partial charge >= 0.3 is 5.97 Å². The number of nitrogens with zero attached hydrogens (tertiary/aromatic N) is 1. The van der Waals surface area contributed by atoms with Crippen LogP contribution in [0.3, 0.4) is 0 Å². The van der Waals surface area contributed by atoms with Crippen LogP contribution in [0.25, 0.3) is 10.8 Å². The molecule has 0 spiro atoms. The molecule has 0 saturated heterocycles. The van der Waals surface area contributed by atoms with Crippen molar-refractivity contribution in [1.29, 1.82) is 0 Å². The summed E-state index contributed by atoms with van der Waals surface area (Å²) in [5.74, 6) is -0.288. The van der Waals surface area contributed by atoms with Crippen molar-refractivity contribution in [2.75, 3.05) is 0 Å². The maximum absolute atomic E-state index is 12.3. The van der Waals surface area contributed by atoms with Gasteiger partial charge < -0.3 is 14.5 Å². The van der Waals surface area contributed by atoms with Crippen LogP contribution in [-0.2, 0) is 22.5 Å². The van der Waals surface area contributed by atoms with E-state index in [-0.39, 0.29) is 12.5 Å². The molecule has 3 heterocycles. The molecule has 1 amide bonds. The Bertz CT molecular complexity index is 917. The van der Waals surface area contributed by atoms with Gasteiger partial charge in [0, 0.05) is 6.42 Å². The molecule has 0 fully saturated rings. The first-order chi connectivity index (χ1) is 12.2. The smallest absolute Gasteiger partial charge is 0.339 e. The van der Waals surface area contributed by atoms with Gasteiger partial charge in [0.05, 0.1) is 22.7 Å². The van der Waals surface area contributed by atoms with Crippen LogP contribution in [0.1, 0.15) is 21.6 Å². The van der Waals surface area contributed by atoms with E-state index in [0.29, 0.717) is 23.6 Å². The van der Waals surface area contributed by atoms with E-state index in [2.05, 4.69) is 10.3 Å². The molecule has 0 saturated carbocycles. The van der Waals surface area contributed by atoms with Crippen LogP contribution in [0.4, 0.5) is 0 Å². The maximum atomic E-state index is 12.3. The number of ether oxygens (including phenoxy) is 1. The summed E-state index contributed by atoms with van der Waals surface area (Å²) >= 11 is 1.53. The Morgan fingerprint density at radius 1 is 1.28 bits per heavy atom. The standard InChI is InChI=1S/C18H14N2O4S/c21-16(14-8-11-4-1-2-5-13(11)18(22)24-14)19-9-12-10-23-17(20-12)15-6-3-7-25-15/h1-7,10,14H,8-9H2,(H,19,21)/t14-/m1/s1. The number of hydrogen-bond donors (Lipinski definition) is 1. The highest BCUT2D eigenvalue weighted by molar-refractivity contribution is 7.13. The summed E-state index contributed by atoms with van der Waals surface area (Å²) in [5, 5.41) is 4.68. The zero-order valence-corrected chi connectivity index (χ0v) is 13.9. The predicted octanol–water partition coefficient (Wildman–Crippen LogP) is 2.80. The van der Waals surface area contributed by atoms with Crippen LogP contribution in [-0.4, -0.2) is 23.0 Å². The Balaban J connectivity index is 1.39. The molecule has 1 atom stereocenters. The minimum Gasteiger partial charge on any atom is -0.448 e. The number of oxazole rings is 1. The van der Waals surface area contributed by atoms with E-state index in [1.54, 1.807) is 12.1 Å². The van der Waals surface area contributed by atoms with Crippen LogP contribution >= 0.6 is 11.3 Å². The van der Waals surface area contributed by atoms with Crippen molar-refractivity contribution in [1.82, 2.24) is 10.3 Å². The van der Waals surface area contributed by atoms with Crippen molar-refractivity contribution in [3.63, 3.8) is 0 Å². The van der Waals surface area contributed by atoms with E-state index < -0.39 is 12.1 Å². The van der Waals surface area contributed by atoms with Crippen molar-refractivity contribution in [2.45, 2.75) is 19.1 Å². The number of esters is 1. The van der Waals surface area contributed by atoms with Crippen LogP contribution in [0, 0.1) is 0 Å². The second-order valence-corrected chi connectivity index (χ2v) is 6.54. The molecule has 25 heavy (non-hydrogen) atoms. The third-order valence-electron chi connectivity index (χ3n) is 3.91. The maximum Gasteiger partial charge on any atom is 0.339 e. The largest absolute Gasteiger partial charge is 0.448 e. The van der Waals surface area contributed by atoms with Crippen molar-refractivity contribution < 1.29 is 18.7 Å². The fourth-order valence-electron chi connectivity index (χ4n) is 2.67. The minimum absolute atomic E-state index is 0.212. The number of benzene rings is 1. The first kappa shape index (κ1) is 15.6. The third-order valence-corrected chi connectivity index (χ3v) is 4.77. The van der Waals surface area contributed by atoms with Gasteiger partial charge in [-0.15, -0.1) is 11.3 Å². The highest BCUT2D eigenvalue weighted by Gasteiger charge is 2.30. The molecule has 1 aliphatic rings. The van der Waals surface area contributed by atoms with Crippen LogP contribution < -0.4 is 5.32 Å². The zero-order valence-electron chi connectivity index (χ0n) is 13.1. The minimum atomic E-state index is -0.828. The average Bonchev–Trinajstić information content (AvgIpc) is 3.31. The van der Waals surface area contributed by atoms with Gasteiger partial charge in [-0.25, -0.2) is 9.78 Å². The Morgan fingerprint density at radius 3 is 3.00 bits per heavy atom. The first-order valence-corrected chi connectivity index (χ1v) is 8.63. The van der Waals surface area contributed by atoms with Gasteiger partial charge in [-0.3, -0.25) is 4.79 Å². The number of thiophene rings is 1. The number of aromatic nitrogens is 1. The van der Waals surface area contributed by atoms with Crippen LogP contribution in [0.15, 0.2) is 52.5 Å². The van der Waals surface area contributed by atoms with E-state index in [4.69, 9.17) is 9.15 Å². The van der Waals surface area contributed by atoms with Crippen molar-refractivity contribution >= 4 is 23.2 Å². The monoisotopic (exact) mass is 354 g/mol. The lowest BCUT2D eigenvalue weighted by atomic mass is 9.98. The number of hydrogen-bond acceptors (Lipinski definition) is 6. The molecule has 3 aromatic rings. The SMILES string of the molecule is O=C1O[C@@H](C(=O)NCc2coc(-c3cccs3)n2)Cc2ccccc21. The summed E-state index contributed by atoms with van der Waals surface area (Å²) in [4.78, 5) is 29.6. The second-order valence-electron chi connectivity index (χ2n) is 5.59. The lowest BCUT2D eigenvalue weighted by Crippen LogP contribution is -2.41. The zero-order chi connectivity index (χ0) is 17.2. The van der Waals surface area contributed by atoms with Crippen molar-refractivity contribution in [2.24, 2.45) is 0 Å². The average molecular weight is 354 g/mol. The van der Waals surface area contributed by atoms with Gasteiger partial charge in [0.25, 0.3) is 5.91 Å². The molecule has 6 nitrogen and oxygen atoms in total. The van der Waals surface area contributed by atoms with Crippen molar-refractivity contribution in [3.05, 3.63) is 64.9 Å². The normalized spacial score (nSPS) is 16.2. The van der Waals surface area contributed by atoms with Gasteiger partial charge in [-0.2, -0.15) is 0 Å². The Labute approximate surface area is 147 Å². The molecule has 1 aliphatic heterocycles. The molecular formula is C18H14N2O4S. The third kappa shape index (κ3) is 3.18. The van der Waals surface area contributed by atoms with Crippen LogP contribution in [0.2, 0.25) is 0 Å². The molecule has 4 rings (SSSR count). The molecule has 0 unspecified atom stereocenters. The molecular weight excluding hydrogens is 340 g/mol. The summed E-state index contributed by atoms with van der Waals surface area (Å²) < 4.78 is 10.6. The molecule has 2 aromatic heterocycles. The summed E-state index contributed by atoms with van der Waals surface area (Å²) in [5.41, 5.74) is 1.95. The predicted molar refractivity (Wildman–Crippen MR) is 91.0 cm³/mol. The fourth-order valence-corrected chi connectivity index (χ4v) is 3.33. The molecule has 7 heteroatoms. The number of rotatable bonds is 4. The number of nitrogens with one attached hydrogen (secondary N) is 1. The quantitative estimate of drug-likeness (QED) is 0.729. The van der Waals surface area contributed by atoms with E-state index in [1.807, 2.05) is 29.6 Å². The van der Waals surface area contributed by atoms with E-state index in [0.717, 1.165) is 10.4 Å². The van der Waals surface area contributed by atoms with Gasteiger partial charge in [-0.1, -0.05) is 24.3 Å². The lowest BCUT2D eigenvalue weighted by molar-refractivity contribution is -0.130. The summed E-state index contributed by atoms with van der Waals surface area (Å²) in [7, 11) is 0. The molecule has 1 N–H and O–H groups in total. The van der Waals surface area contributed by atoms with Gasteiger partial charge in [0.1, 0.15) is 6.26 Å². The lowest BCUT2D eigenvalue weighted by Gasteiger charge is -2.23. The first-order valence-electron chi connectivity index (χ1n) is 7.75. The van der Waals surface area contributed by atoms with Crippen LogP contribution in [0.5, 0.6) is 0 Å². The molecule has 0 radical (unpaired) electrons. The topological polar surface area (TPSA) is 81.4 Å². The Kier molecular flexibility index (Phi) is 4.07. The summed E-state index contributed by atoms with van der Waals surface area (Å²) in [6.45, 7) is 0.212. The van der Waals surface area contributed by atoms with E-state index in [9.17, 15) is 9.59 Å². The number of cyclic esters (lactones) is 1. The molecule has 0 bridgehead atoms. The number of carbonyl (C=O) groups is 2. The summed E-state index contributed by atoms with van der Waals surface area (Å²) in [6, 6.07) is 11.0. The highest BCUT2D eigenvalue weighted by Crippen LogP contribution is 2.24. The number of amides is 1. The molecule has 0 aliphatic carbocycles. The van der Waals surface area contributed by atoms with Gasteiger partial charge in [-0.05, 0) is 23.1 Å². The molecule has 1 aromatic carbocycles. The Hall–Kier alpha value is -2.93. The van der Waals surface area contributed by atoms with Crippen molar-refractivity contribution in [3.8, 4) is 10.8 Å². The number of fused-ring (bicyclic) bond motifs is 1. The highest BCUT2D eigenvalue weighted by atomic mass is 32.1. The van der Waals surface area contributed by atoms with E-state index >= 15 is 0 Å². The van der Waals surface area contributed by atoms with Gasteiger partial charge in [0.2, 0.25) is 5.89 Å². The van der Waals surface area contributed by atoms with E-state index in [1.165, 1.54) is 17.6 Å². The Morgan fingerprint density at radius 2 is 2.16 bits per heavy atom. The number of carbonyl (C=O) groups excluding carboxylic acids is 2. The van der Waals surface area contributed by atoms with Gasteiger partial charge in [0.15, 0.2) is 6.10 Å². The second kappa shape index (κ2) is 6.52. The fraction of sp³-hybridized carbons (Fsp3) is 0.167.